The predicted molar refractivity (Wildman–Crippen MR) is 80.4 cm³/mol. The number of hydrogen-bond acceptors (Lipinski definition) is 1. The van der Waals surface area contributed by atoms with Crippen LogP contribution in [0.3, 0.4) is 0 Å². The van der Waals surface area contributed by atoms with Gasteiger partial charge in [0.15, 0.2) is 0 Å². The van der Waals surface area contributed by atoms with Crippen molar-refractivity contribution in [1.29, 1.82) is 0 Å². The Morgan fingerprint density at radius 2 is 1.67 bits per heavy atom. The summed E-state index contributed by atoms with van der Waals surface area (Å²) in [5.74, 6) is 0. The first-order valence-electron chi connectivity index (χ1n) is 6.01. The molecule has 0 atom stereocenters. The second kappa shape index (κ2) is 4.94. The maximum absolute atomic E-state index is 6.10. The molecule has 0 bridgehead atoms. The molecule has 1 aliphatic carbocycles. The Hall–Kier alpha value is -0.990. The molecule has 0 aromatic heterocycles. The van der Waals surface area contributed by atoms with Gasteiger partial charge in [0.2, 0.25) is 0 Å². The summed E-state index contributed by atoms with van der Waals surface area (Å²) < 4.78 is 0.947. The minimum Gasteiger partial charge on any atom is -0.381 e. The molecule has 1 aliphatic rings. The van der Waals surface area contributed by atoms with Gasteiger partial charge in [-0.15, -0.1) is 0 Å². The lowest BCUT2D eigenvalue weighted by Crippen LogP contribution is -2.19. The third kappa shape index (κ3) is 2.27. The van der Waals surface area contributed by atoms with Crippen molar-refractivity contribution in [2.75, 3.05) is 5.32 Å². The van der Waals surface area contributed by atoms with E-state index in [1.807, 2.05) is 12.1 Å². The fourth-order valence-corrected chi connectivity index (χ4v) is 3.05. The maximum atomic E-state index is 6.10. The van der Waals surface area contributed by atoms with E-state index in [9.17, 15) is 0 Å². The normalized spacial score (nSPS) is 14.6. The van der Waals surface area contributed by atoms with E-state index in [0.717, 1.165) is 28.0 Å². The Morgan fingerprint density at radius 3 is 2.33 bits per heavy atom. The average Bonchev–Trinajstić information content (AvgIpc) is 2.77. The third-order valence-electron chi connectivity index (χ3n) is 3.36. The molecule has 0 radical (unpaired) electrons. The molecule has 0 fully saturated rings. The Morgan fingerprint density at radius 1 is 1.00 bits per heavy atom. The van der Waals surface area contributed by atoms with E-state index in [-0.39, 0.29) is 0 Å². The van der Waals surface area contributed by atoms with Crippen LogP contribution in [0.2, 0.25) is 5.02 Å². The molecule has 0 heterocycles. The molecule has 1 N–H and O–H groups in total. The van der Waals surface area contributed by atoms with Crippen LogP contribution in [0.1, 0.15) is 11.1 Å². The number of rotatable bonds is 2. The highest BCUT2D eigenvalue weighted by atomic mass is 79.9. The van der Waals surface area contributed by atoms with Crippen molar-refractivity contribution in [2.24, 2.45) is 0 Å². The van der Waals surface area contributed by atoms with Gasteiger partial charge in [0.05, 0.1) is 15.2 Å². The van der Waals surface area contributed by atoms with Crippen LogP contribution in [0.5, 0.6) is 0 Å². The van der Waals surface area contributed by atoms with Gasteiger partial charge in [-0.2, -0.15) is 0 Å². The molecule has 2 aromatic carbocycles. The van der Waals surface area contributed by atoms with Gasteiger partial charge in [0, 0.05) is 6.04 Å². The Kier molecular flexibility index (Phi) is 3.31. The Balaban J connectivity index is 1.78. The van der Waals surface area contributed by atoms with Crippen LogP contribution in [-0.4, -0.2) is 6.04 Å². The lowest BCUT2D eigenvalue weighted by atomic mass is 10.1. The fourth-order valence-electron chi connectivity index (χ4n) is 2.50. The fraction of sp³-hybridized carbons (Fsp3) is 0.200. The zero-order chi connectivity index (χ0) is 12.5. The Labute approximate surface area is 120 Å². The van der Waals surface area contributed by atoms with Gasteiger partial charge in [-0.3, -0.25) is 0 Å². The number of anilines is 1. The van der Waals surface area contributed by atoms with Crippen molar-refractivity contribution in [3.63, 3.8) is 0 Å². The van der Waals surface area contributed by atoms with E-state index in [0.29, 0.717) is 6.04 Å². The number of halogens is 2. The van der Waals surface area contributed by atoms with Crippen molar-refractivity contribution < 1.29 is 0 Å². The first-order valence-corrected chi connectivity index (χ1v) is 7.18. The highest BCUT2D eigenvalue weighted by Gasteiger charge is 2.21. The molecular weight excluding hydrogens is 310 g/mol. The van der Waals surface area contributed by atoms with Crippen molar-refractivity contribution in [2.45, 2.75) is 18.9 Å². The van der Waals surface area contributed by atoms with Crippen LogP contribution in [0, 0.1) is 0 Å². The quantitative estimate of drug-likeness (QED) is 0.846. The topological polar surface area (TPSA) is 12.0 Å². The van der Waals surface area contributed by atoms with E-state index in [4.69, 9.17) is 11.6 Å². The van der Waals surface area contributed by atoms with E-state index in [1.165, 1.54) is 11.1 Å². The molecule has 2 aromatic rings. The zero-order valence-corrected chi connectivity index (χ0v) is 12.1. The van der Waals surface area contributed by atoms with Gasteiger partial charge < -0.3 is 5.32 Å². The molecule has 0 unspecified atom stereocenters. The highest BCUT2D eigenvalue weighted by molar-refractivity contribution is 9.10. The van der Waals surface area contributed by atoms with Crippen LogP contribution in [0.25, 0.3) is 0 Å². The van der Waals surface area contributed by atoms with Crippen LogP contribution in [0.15, 0.2) is 46.9 Å². The van der Waals surface area contributed by atoms with Crippen molar-refractivity contribution in [3.8, 4) is 0 Å². The van der Waals surface area contributed by atoms with Crippen molar-refractivity contribution in [3.05, 3.63) is 63.1 Å². The molecule has 0 amide bonds. The largest absolute Gasteiger partial charge is 0.381 e. The second-order valence-corrected chi connectivity index (χ2v) is 5.82. The Bertz CT molecular complexity index is 557. The van der Waals surface area contributed by atoms with Gasteiger partial charge in [-0.1, -0.05) is 41.9 Å². The maximum Gasteiger partial charge on any atom is 0.0593 e. The SMILES string of the molecule is Clc1cccc(NC2Cc3ccccc3C2)c1Br. The summed E-state index contributed by atoms with van der Waals surface area (Å²) in [7, 11) is 0. The first-order chi connectivity index (χ1) is 8.74. The summed E-state index contributed by atoms with van der Waals surface area (Å²) in [5, 5.41) is 4.31. The molecule has 92 valence electrons. The van der Waals surface area contributed by atoms with E-state index in [1.54, 1.807) is 0 Å². The lowest BCUT2D eigenvalue weighted by Gasteiger charge is -2.15. The van der Waals surface area contributed by atoms with Crippen LogP contribution in [-0.2, 0) is 12.8 Å². The van der Waals surface area contributed by atoms with Crippen LogP contribution in [0.4, 0.5) is 5.69 Å². The molecule has 0 aliphatic heterocycles. The number of nitrogens with one attached hydrogen (secondary N) is 1. The van der Waals surface area contributed by atoms with E-state index < -0.39 is 0 Å². The van der Waals surface area contributed by atoms with Gasteiger partial charge >= 0.3 is 0 Å². The lowest BCUT2D eigenvalue weighted by molar-refractivity contribution is 0.774. The summed E-state index contributed by atoms with van der Waals surface area (Å²) in [6.45, 7) is 0. The first kappa shape index (κ1) is 12.1. The zero-order valence-electron chi connectivity index (χ0n) is 9.79. The van der Waals surface area contributed by atoms with Crippen molar-refractivity contribution >= 4 is 33.2 Å². The summed E-state index contributed by atoms with van der Waals surface area (Å²) in [4.78, 5) is 0. The molecular formula is C15H13BrClN. The molecule has 0 saturated carbocycles. The average molecular weight is 323 g/mol. The highest BCUT2D eigenvalue weighted by Crippen LogP contribution is 2.32. The molecule has 1 nitrogen and oxygen atoms in total. The monoisotopic (exact) mass is 321 g/mol. The van der Waals surface area contributed by atoms with Gasteiger partial charge in [-0.05, 0) is 52.0 Å². The molecule has 3 heteroatoms. The van der Waals surface area contributed by atoms with E-state index in [2.05, 4.69) is 51.6 Å². The standard InChI is InChI=1S/C15H13BrClN/c16-15-13(17)6-3-7-14(15)18-12-8-10-4-1-2-5-11(10)9-12/h1-7,12,18H,8-9H2. The smallest absolute Gasteiger partial charge is 0.0593 e. The van der Waals surface area contributed by atoms with Gasteiger partial charge in [0.1, 0.15) is 0 Å². The van der Waals surface area contributed by atoms with Gasteiger partial charge in [-0.25, -0.2) is 0 Å². The molecule has 0 saturated heterocycles. The molecule has 18 heavy (non-hydrogen) atoms. The number of hydrogen-bond donors (Lipinski definition) is 1. The minimum absolute atomic E-state index is 0.456. The van der Waals surface area contributed by atoms with Crippen molar-refractivity contribution in [1.82, 2.24) is 0 Å². The summed E-state index contributed by atoms with van der Waals surface area (Å²) in [5.41, 5.74) is 3.97. The van der Waals surface area contributed by atoms with E-state index >= 15 is 0 Å². The minimum atomic E-state index is 0.456. The summed E-state index contributed by atoms with van der Waals surface area (Å²) >= 11 is 9.63. The van der Waals surface area contributed by atoms with Crippen LogP contribution < -0.4 is 5.32 Å². The number of fused-ring (bicyclic) bond motifs is 1. The van der Waals surface area contributed by atoms with Gasteiger partial charge in [0.25, 0.3) is 0 Å². The molecule has 0 spiro atoms. The predicted octanol–water partition coefficient (Wildman–Crippen LogP) is 4.68. The number of benzene rings is 2. The second-order valence-electron chi connectivity index (χ2n) is 4.62. The summed E-state index contributed by atoms with van der Waals surface area (Å²) in [6, 6.07) is 15.0. The third-order valence-corrected chi connectivity index (χ3v) is 4.76. The van der Waals surface area contributed by atoms with Crippen LogP contribution >= 0.6 is 27.5 Å². The molecule has 3 rings (SSSR count). The summed E-state index contributed by atoms with van der Waals surface area (Å²) in [6.07, 6.45) is 2.16.